The van der Waals surface area contributed by atoms with E-state index >= 15 is 0 Å². The first-order chi connectivity index (χ1) is 10.9. The molecule has 0 bridgehead atoms. The molecular formula is C18H20O5. The highest BCUT2D eigenvalue weighted by Crippen LogP contribution is 2.22. The molecule has 0 amide bonds. The Morgan fingerprint density at radius 1 is 1.30 bits per heavy atom. The van der Waals surface area contributed by atoms with Gasteiger partial charge < -0.3 is 13.9 Å². The lowest BCUT2D eigenvalue weighted by molar-refractivity contribution is -0.156. The average Bonchev–Trinajstić information content (AvgIpc) is 2.51. The van der Waals surface area contributed by atoms with Gasteiger partial charge in [0, 0.05) is 17.0 Å². The molecule has 1 aromatic heterocycles. The predicted octanol–water partition coefficient (Wildman–Crippen LogP) is 3.04. The Morgan fingerprint density at radius 2 is 2.00 bits per heavy atom. The van der Waals surface area contributed by atoms with Gasteiger partial charge in [-0.05, 0) is 44.0 Å². The summed E-state index contributed by atoms with van der Waals surface area (Å²) in [6.07, 6.45) is 0.869. The Balaban J connectivity index is 2.23. The van der Waals surface area contributed by atoms with Crippen molar-refractivity contribution in [3.63, 3.8) is 0 Å². The summed E-state index contributed by atoms with van der Waals surface area (Å²) in [4.78, 5) is 23.6. The second-order valence-electron chi connectivity index (χ2n) is 5.40. The van der Waals surface area contributed by atoms with Crippen LogP contribution in [-0.4, -0.2) is 18.7 Å². The molecule has 1 unspecified atom stereocenters. The Kier molecular flexibility index (Phi) is 5.34. The largest absolute Gasteiger partial charge is 0.459 e. The van der Waals surface area contributed by atoms with E-state index in [4.69, 9.17) is 13.9 Å². The molecule has 1 aromatic carbocycles. The van der Waals surface area contributed by atoms with Crippen LogP contribution in [0, 0.1) is 13.8 Å². The molecule has 0 fully saturated rings. The summed E-state index contributed by atoms with van der Waals surface area (Å²) >= 11 is 0. The van der Waals surface area contributed by atoms with E-state index in [0.717, 1.165) is 16.5 Å². The van der Waals surface area contributed by atoms with Crippen LogP contribution in [0.1, 0.15) is 23.6 Å². The number of carbonyl (C=O) groups is 1. The van der Waals surface area contributed by atoms with Crippen LogP contribution in [0.2, 0.25) is 0 Å². The van der Waals surface area contributed by atoms with E-state index in [1.54, 1.807) is 13.0 Å². The lowest BCUT2D eigenvalue weighted by atomic mass is 10.0. The van der Waals surface area contributed by atoms with Crippen molar-refractivity contribution < 1.29 is 18.7 Å². The van der Waals surface area contributed by atoms with Gasteiger partial charge in [-0.1, -0.05) is 6.08 Å². The smallest absolute Gasteiger partial charge is 0.336 e. The van der Waals surface area contributed by atoms with Crippen molar-refractivity contribution in [3.8, 4) is 0 Å². The molecule has 0 radical (unpaired) electrons. The molecule has 122 valence electrons. The van der Waals surface area contributed by atoms with Crippen molar-refractivity contribution in [1.82, 2.24) is 0 Å². The Hall–Kier alpha value is -2.40. The van der Waals surface area contributed by atoms with Gasteiger partial charge in [0.25, 0.3) is 0 Å². The summed E-state index contributed by atoms with van der Waals surface area (Å²) < 4.78 is 15.7. The van der Waals surface area contributed by atoms with Crippen molar-refractivity contribution in [2.45, 2.75) is 33.5 Å². The molecular weight excluding hydrogens is 296 g/mol. The molecule has 2 aromatic rings. The molecule has 0 spiro atoms. The third-order valence-electron chi connectivity index (χ3n) is 3.61. The van der Waals surface area contributed by atoms with Crippen LogP contribution < -0.4 is 5.63 Å². The standard InChI is InChI=1S/C18H20O5/c1-5-6-21-13(4)18(20)22-10-14-9-17(19)23-16-8-12(3)11(2)7-15(14)16/h5,7-9,13H,1,6,10H2,2-4H3. The fourth-order valence-corrected chi connectivity index (χ4v) is 2.15. The van der Waals surface area contributed by atoms with Crippen LogP contribution in [0.25, 0.3) is 11.0 Å². The van der Waals surface area contributed by atoms with E-state index in [0.29, 0.717) is 11.1 Å². The van der Waals surface area contributed by atoms with Gasteiger partial charge in [0.1, 0.15) is 12.2 Å². The number of aryl methyl sites for hydroxylation is 2. The number of rotatable bonds is 6. The second-order valence-corrected chi connectivity index (χ2v) is 5.40. The zero-order valence-electron chi connectivity index (χ0n) is 13.5. The van der Waals surface area contributed by atoms with Gasteiger partial charge in [0.05, 0.1) is 6.61 Å². The fraction of sp³-hybridized carbons (Fsp3) is 0.333. The van der Waals surface area contributed by atoms with Crippen molar-refractivity contribution in [1.29, 1.82) is 0 Å². The molecule has 5 nitrogen and oxygen atoms in total. The van der Waals surface area contributed by atoms with E-state index in [-0.39, 0.29) is 13.2 Å². The molecule has 0 N–H and O–H groups in total. The lowest BCUT2D eigenvalue weighted by Crippen LogP contribution is -2.23. The maximum absolute atomic E-state index is 11.9. The van der Waals surface area contributed by atoms with Crippen LogP contribution in [0.3, 0.4) is 0 Å². The molecule has 5 heteroatoms. The van der Waals surface area contributed by atoms with Crippen LogP contribution >= 0.6 is 0 Å². The number of carbonyl (C=O) groups excluding carboxylic acids is 1. The third-order valence-corrected chi connectivity index (χ3v) is 3.61. The number of fused-ring (bicyclic) bond motifs is 1. The van der Waals surface area contributed by atoms with Crippen LogP contribution in [-0.2, 0) is 20.9 Å². The zero-order valence-corrected chi connectivity index (χ0v) is 13.5. The highest BCUT2D eigenvalue weighted by Gasteiger charge is 2.16. The molecule has 0 aliphatic heterocycles. The van der Waals surface area contributed by atoms with Crippen molar-refractivity contribution in [3.05, 3.63) is 58.0 Å². The first-order valence-electron chi connectivity index (χ1n) is 7.35. The van der Waals surface area contributed by atoms with Gasteiger partial charge in [-0.15, -0.1) is 6.58 Å². The summed E-state index contributed by atoms with van der Waals surface area (Å²) in [7, 11) is 0. The van der Waals surface area contributed by atoms with E-state index in [1.165, 1.54) is 6.07 Å². The van der Waals surface area contributed by atoms with Crippen LogP contribution in [0.5, 0.6) is 0 Å². The van der Waals surface area contributed by atoms with Gasteiger partial charge in [-0.2, -0.15) is 0 Å². The molecule has 2 rings (SSSR count). The minimum atomic E-state index is -0.691. The number of ether oxygens (including phenoxy) is 2. The third kappa shape index (κ3) is 4.07. The summed E-state index contributed by atoms with van der Waals surface area (Å²) in [5.74, 6) is -0.489. The Labute approximate surface area is 134 Å². The van der Waals surface area contributed by atoms with Crippen molar-refractivity contribution in [2.24, 2.45) is 0 Å². The normalized spacial score (nSPS) is 12.1. The molecule has 1 atom stereocenters. The maximum atomic E-state index is 11.9. The minimum Gasteiger partial charge on any atom is -0.459 e. The van der Waals surface area contributed by atoms with Crippen molar-refractivity contribution >= 4 is 16.9 Å². The molecule has 0 saturated carbocycles. The lowest BCUT2D eigenvalue weighted by Gasteiger charge is -2.12. The summed E-state index contributed by atoms with van der Waals surface area (Å²) in [5, 5.41) is 0.764. The van der Waals surface area contributed by atoms with E-state index < -0.39 is 17.7 Å². The average molecular weight is 316 g/mol. The van der Waals surface area contributed by atoms with E-state index in [9.17, 15) is 9.59 Å². The van der Waals surface area contributed by atoms with Crippen LogP contribution in [0.15, 0.2) is 40.1 Å². The summed E-state index contributed by atoms with van der Waals surface area (Å²) in [6.45, 7) is 9.31. The highest BCUT2D eigenvalue weighted by molar-refractivity contribution is 5.82. The molecule has 0 aliphatic rings. The van der Waals surface area contributed by atoms with Gasteiger partial charge in [0.2, 0.25) is 0 Å². The summed E-state index contributed by atoms with van der Waals surface area (Å²) in [6, 6.07) is 5.08. The Bertz CT molecular complexity index is 788. The van der Waals surface area contributed by atoms with Crippen molar-refractivity contribution in [2.75, 3.05) is 6.61 Å². The number of esters is 1. The van der Waals surface area contributed by atoms with Gasteiger partial charge in [-0.25, -0.2) is 9.59 Å². The number of hydrogen-bond acceptors (Lipinski definition) is 5. The second kappa shape index (κ2) is 7.24. The molecule has 0 saturated heterocycles. The monoisotopic (exact) mass is 316 g/mol. The molecule has 1 heterocycles. The minimum absolute atomic E-state index is 0.00871. The highest BCUT2D eigenvalue weighted by atomic mass is 16.6. The molecule has 0 aliphatic carbocycles. The molecule has 23 heavy (non-hydrogen) atoms. The quantitative estimate of drug-likeness (QED) is 0.465. The van der Waals surface area contributed by atoms with Crippen LogP contribution in [0.4, 0.5) is 0 Å². The van der Waals surface area contributed by atoms with E-state index in [1.807, 2.05) is 26.0 Å². The van der Waals surface area contributed by atoms with Gasteiger partial charge in [0.15, 0.2) is 6.10 Å². The van der Waals surface area contributed by atoms with Gasteiger partial charge in [-0.3, -0.25) is 0 Å². The first kappa shape index (κ1) is 17.0. The summed E-state index contributed by atoms with van der Waals surface area (Å²) in [5.41, 5.74) is 2.73. The first-order valence-corrected chi connectivity index (χ1v) is 7.35. The topological polar surface area (TPSA) is 65.7 Å². The predicted molar refractivity (Wildman–Crippen MR) is 87.4 cm³/mol. The number of hydrogen-bond donors (Lipinski definition) is 0. The van der Waals surface area contributed by atoms with Gasteiger partial charge >= 0.3 is 11.6 Å². The number of benzene rings is 1. The zero-order chi connectivity index (χ0) is 17.0. The fourth-order valence-electron chi connectivity index (χ4n) is 2.15. The van der Waals surface area contributed by atoms with E-state index in [2.05, 4.69) is 6.58 Å². The Morgan fingerprint density at radius 3 is 2.70 bits per heavy atom. The maximum Gasteiger partial charge on any atom is 0.336 e. The SMILES string of the molecule is C=CCOC(C)C(=O)OCc1cc(=O)oc2cc(C)c(C)cc12.